The molecule has 0 rings (SSSR count). The van der Waals surface area contributed by atoms with E-state index in [0.29, 0.717) is 6.04 Å². The lowest BCUT2D eigenvalue weighted by Crippen LogP contribution is -2.20. The summed E-state index contributed by atoms with van der Waals surface area (Å²) in [6.45, 7) is 6.80. The minimum atomic E-state index is 0.454. The van der Waals surface area contributed by atoms with E-state index >= 15 is 0 Å². The van der Waals surface area contributed by atoms with Gasteiger partial charge in [0.25, 0.3) is 0 Å². The summed E-state index contributed by atoms with van der Waals surface area (Å²) in [5, 5.41) is 0. The smallest absolute Gasteiger partial charge is 0.00388 e. The highest BCUT2D eigenvalue weighted by Gasteiger charge is 2.08. The molecule has 14 heavy (non-hydrogen) atoms. The van der Waals surface area contributed by atoms with Crippen LogP contribution in [0.25, 0.3) is 0 Å². The fraction of sp³-hybridized carbons (Fsp3) is 1.00. The minimum absolute atomic E-state index is 0.454. The first-order valence-electron chi connectivity index (χ1n) is 6.50. The zero-order chi connectivity index (χ0) is 10.8. The number of hydrogen-bond acceptors (Lipinski definition) is 1. The number of hydrogen-bond donors (Lipinski definition) is 1. The van der Waals surface area contributed by atoms with E-state index in [1.165, 1.54) is 51.4 Å². The van der Waals surface area contributed by atoms with Gasteiger partial charge < -0.3 is 5.73 Å². The van der Waals surface area contributed by atoms with Crippen molar-refractivity contribution >= 4 is 0 Å². The van der Waals surface area contributed by atoms with Gasteiger partial charge in [0.1, 0.15) is 0 Å². The van der Waals surface area contributed by atoms with Crippen LogP contribution < -0.4 is 5.73 Å². The second-order valence-electron chi connectivity index (χ2n) is 4.54. The van der Waals surface area contributed by atoms with E-state index in [-0.39, 0.29) is 0 Å². The van der Waals surface area contributed by atoms with Crippen LogP contribution in [0.4, 0.5) is 0 Å². The summed E-state index contributed by atoms with van der Waals surface area (Å²) < 4.78 is 0. The zero-order valence-electron chi connectivity index (χ0n) is 10.4. The second kappa shape index (κ2) is 9.51. The molecule has 0 bridgehead atoms. The van der Waals surface area contributed by atoms with Crippen LogP contribution in [0.1, 0.15) is 72.1 Å². The van der Waals surface area contributed by atoms with Gasteiger partial charge in [-0.05, 0) is 25.2 Å². The Kier molecular flexibility index (Phi) is 9.49. The van der Waals surface area contributed by atoms with Crippen molar-refractivity contribution in [3.8, 4) is 0 Å². The normalized spacial score (nSPS) is 15.4. The van der Waals surface area contributed by atoms with Crippen molar-refractivity contribution in [3.05, 3.63) is 0 Å². The topological polar surface area (TPSA) is 26.0 Å². The Morgan fingerprint density at radius 2 is 1.57 bits per heavy atom. The summed E-state index contributed by atoms with van der Waals surface area (Å²) in [6, 6.07) is 0.454. The molecule has 0 aliphatic rings. The van der Waals surface area contributed by atoms with Crippen LogP contribution in [-0.4, -0.2) is 6.04 Å². The maximum absolute atomic E-state index is 6.02. The van der Waals surface area contributed by atoms with Crippen molar-refractivity contribution in [1.82, 2.24) is 0 Å². The van der Waals surface area contributed by atoms with Gasteiger partial charge in [-0.15, -0.1) is 0 Å². The third-order valence-corrected chi connectivity index (χ3v) is 3.15. The molecule has 1 nitrogen and oxygen atoms in total. The standard InChI is InChI=1S/C13H29N/c1-4-7-9-12(6-3)10-11-13(14)8-5-2/h12-13H,4-11,14H2,1-3H3. The zero-order valence-corrected chi connectivity index (χ0v) is 10.4. The molecule has 0 saturated carbocycles. The van der Waals surface area contributed by atoms with E-state index in [1.54, 1.807) is 0 Å². The Hall–Kier alpha value is -0.0400. The van der Waals surface area contributed by atoms with Gasteiger partial charge >= 0.3 is 0 Å². The lowest BCUT2D eigenvalue weighted by molar-refractivity contribution is 0.385. The lowest BCUT2D eigenvalue weighted by atomic mass is 9.92. The van der Waals surface area contributed by atoms with Crippen LogP contribution in [-0.2, 0) is 0 Å². The predicted molar refractivity (Wildman–Crippen MR) is 65.4 cm³/mol. The van der Waals surface area contributed by atoms with Crippen molar-refractivity contribution in [2.75, 3.05) is 0 Å². The average molecular weight is 199 g/mol. The summed E-state index contributed by atoms with van der Waals surface area (Å²) in [5.74, 6) is 0.929. The molecule has 2 atom stereocenters. The second-order valence-corrected chi connectivity index (χ2v) is 4.54. The summed E-state index contributed by atoms with van der Waals surface area (Å²) in [7, 11) is 0. The Morgan fingerprint density at radius 3 is 2.07 bits per heavy atom. The maximum atomic E-state index is 6.02. The fourth-order valence-electron chi connectivity index (χ4n) is 2.01. The molecule has 0 aromatic carbocycles. The largest absolute Gasteiger partial charge is 0.328 e. The fourth-order valence-corrected chi connectivity index (χ4v) is 2.01. The Balaban J connectivity index is 3.50. The summed E-state index contributed by atoms with van der Waals surface area (Å²) >= 11 is 0. The van der Waals surface area contributed by atoms with Crippen LogP contribution in [0.5, 0.6) is 0 Å². The van der Waals surface area contributed by atoms with Crippen molar-refractivity contribution in [3.63, 3.8) is 0 Å². The minimum Gasteiger partial charge on any atom is -0.328 e. The van der Waals surface area contributed by atoms with Gasteiger partial charge in [0, 0.05) is 6.04 Å². The first kappa shape index (κ1) is 14.0. The summed E-state index contributed by atoms with van der Waals surface area (Å²) in [4.78, 5) is 0. The first-order valence-corrected chi connectivity index (χ1v) is 6.50. The Morgan fingerprint density at radius 1 is 0.857 bits per heavy atom. The lowest BCUT2D eigenvalue weighted by Gasteiger charge is -2.17. The van der Waals surface area contributed by atoms with Crippen molar-refractivity contribution in [2.24, 2.45) is 11.7 Å². The average Bonchev–Trinajstić information content (AvgIpc) is 2.19. The Bertz CT molecular complexity index is 112. The molecule has 0 aromatic heterocycles. The number of unbranched alkanes of at least 4 members (excludes halogenated alkanes) is 1. The van der Waals surface area contributed by atoms with E-state index < -0.39 is 0 Å². The van der Waals surface area contributed by atoms with Gasteiger partial charge in [-0.25, -0.2) is 0 Å². The highest BCUT2D eigenvalue weighted by molar-refractivity contribution is 4.65. The molecule has 0 fully saturated rings. The maximum Gasteiger partial charge on any atom is 0.00388 e. The van der Waals surface area contributed by atoms with Gasteiger partial charge in [0.2, 0.25) is 0 Å². The predicted octanol–water partition coefficient (Wildman–Crippen LogP) is 4.11. The van der Waals surface area contributed by atoms with E-state index in [2.05, 4.69) is 20.8 Å². The molecule has 0 aromatic rings. The summed E-state index contributed by atoms with van der Waals surface area (Å²) in [5.41, 5.74) is 6.02. The number of nitrogens with two attached hydrogens (primary N) is 1. The third-order valence-electron chi connectivity index (χ3n) is 3.15. The van der Waals surface area contributed by atoms with Crippen LogP contribution >= 0.6 is 0 Å². The molecule has 2 unspecified atom stereocenters. The molecule has 0 radical (unpaired) electrons. The molecule has 0 aliphatic heterocycles. The van der Waals surface area contributed by atoms with Crippen LogP contribution in [0, 0.1) is 5.92 Å². The molecule has 0 amide bonds. The molecular formula is C13H29N. The molecule has 0 spiro atoms. The van der Waals surface area contributed by atoms with Crippen LogP contribution in [0.2, 0.25) is 0 Å². The van der Waals surface area contributed by atoms with E-state index in [1.807, 2.05) is 0 Å². The number of rotatable bonds is 9. The van der Waals surface area contributed by atoms with Gasteiger partial charge in [-0.3, -0.25) is 0 Å². The molecular weight excluding hydrogens is 170 g/mol. The SMILES string of the molecule is CCCCC(CC)CCC(N)CCC. The van der Waals surface area contributed by atoms with Crippen LogP contribution in [0.3, 0.4) is 0 Å². The quantitative estimate of drug-likeness (QED) is 0.594. The van der Waals surface area contributed by atoms with Gasteiger partial charge in [0.05, 0.1) is 0 Å². The molecule has 2 N–H and O–H groups in total. The van der Waals surface area contributed by atoms with Gasteiger partial charge in [-0.1, -0.05) is 52.9 Å². The highest BCUT2D eigenvalue weighted by Crippen LogP contribution is 2.19. The van der Waals surface area contributed by atoms with E-state index in [4.69, 9.17) is 5.73 Å². The third kappa shape index (κ3) is 7.37. The van der Waals surface area contributed by atoms with E-state index in [0.717, 1.165) is 5.92 Å². The van der Waals surface area contributed by atoms with Crippen molar-refractivity contribution in [2.45, 2.75) is 78.2 Å². The van der Waals surface area contributed by atoms with E-state index in [9.17, 15) is 0 Å². The molecule has 1 heteroatoms. The van der Waals surface area contributed by atoms with Crippen molar-refractivity contribution < 1.29 is 0 Å². The molecule has 86 valence electrons. The summed E-state index contributed by atoms with van der Waals surface area (Å²) in [6.07, 6.45) is 10.5. The van der Waals surface area contributed by atoms with Gasteiger partial charge in [0.15, 0.2) is 0 Å². The molecule has 0 saturated heterocycles. The monoisotopic (exact) mass is 199 g/mol. The molecule has 0 aliphatic carbocycles. The Labute approximate surface area is 90.5 Å². The van der Waals surface area contributed by atoms with Crippen LogP contribution in [0.15, 0.2) is 0 Å². The van der Waals surface area contributed by atoms with Gasteiger partial charge in [-0.2, -0.15) is 0 Å². The van der Waals surface area contributed by atoms with Crippen molar-refractivity contribution in [1.29, 1.82) is 0 Å². The first-order chi connectivity index (χ1) is 6.74. The molecule has 0 heterocycles. The highest BCUT2D eigenvalue weighted by atomic mass is 14.6.